The summed E-state index contributed by atoms with van der Waals surface area (Å²) in [4.78, 5) is 2.88. The number of hydrogen-bond donors (Lipinski definition) is 1. The van der Waals surface area contributed by atoms with E-state index in [-0.39, 0.29) is 29.6 Å². The van der Waals surface area contributed by atoms with Gasteiger partial charge in [0.15, 0.2) is 0 Å². The molecule has 0 aliphatic heterocycles. The van der Waals surface area contributed by atoms with Gasteiger partial charge in [-0.15, -0.1) is 0 Å². The molecule has 62 valence electrons. The number of pyridine rings is 1. The summed E-state index contributed by atoms with van der Waals surface area (Å²) in [6.07, 6.45) is -4.49. The van der Waals surface area contributed by atoms with E-state index in [1.54, 1.807) is 0 Å². The average molecular weight is 187 g/mol. The van der Waals surface area contributed by atoms with Gasteiger partial charge in [-0.1, -0.05) is 6.07 Å². The van der Waals surface area contributed by atoms with E-state index < -0.39 is 17.8 Å². The van der Waals surface area contributed by atoms with Crippen molar-refractivity contribution in [2.75, 3.05) is 0 Å². The van der Waals surface area contributed by atoms with Crippen LogP contribution < -0.4 is 0 Å². The van der Waals surface area contributed by atoms with Crippen LogP contribution in [0.3, 0.4) is 0 Å². The molecule has 0 saturated carbocycles. The molecule has 1 rings (SSSR count). The molecule has 0 aliphatic rings. The van der Waals surface area contributed by atoms with E-state index in [2.05, 4.69) is 4.98 Å². The number of aromatic nitrogens is 1. The number of nitrogens with zero attached hydrogens (tertiary/aromatic N) is 1. The van der Waals surface area contributed by atoms with E-state index in [9.17, 15) is 13.2 Å². The molecule has 6 heteroatoms. The molecule has 0 aliphatic carbocycles. The molecule has 0 radical (unpaired) electrons. The molecule has 0 aromatic carbocycles. The molecular formula is C6H5F3NNaO. The third-order valence-electron chi connectivity index (χ3n) is 1.02. The molecule has 0 spiro atoms. The summed E-state index contributed by atoms with van der Waals surface area (Å²) in [6.45, 7) is 0. The average Bonchev–Trinajstić information content (AvgIpc) is 1.86. The second kappa shape index (κ2) is 4.11. The number of halogens is 3. The molecule has 0 atom stereocenters. The quantitative estimate of drug-likeness (QED) is 0.618. The summed E-state index contributed by atoms with van der Waals surface area (Å²) in [5.41, 5.74) is -1.09. The molecule has 12 heavy (non-hydrogen) atoms. The van der Waals surface area contributed by atoms with Crippen molar-refractivity contribution in [2.45, 2.75) is 6.18 Å². The van der Waals surface area contributed by atoms with Crippen LogP contribution in [0.2, 0.25) is 0 Å². The summed E-state index contributed by atoms with van der Waals surface area (Å²) < 4.78 is 35.4. The molecule has 0 unspecified atom stereocenters. The Bertz CT molecular complexity index is 263. The fraction of sp³-hybridized carbons (Fsp3) is 0.167. The Labute approximate surface area is 88.7 Å². The normalized spacial score (nSPS) is 10.6. The first-order valence-corrected chi connectivity index (χ1v) is 2.73. The first-order chi connectivity index (χ1) is 5.00. The Morgan fingerprint density at radius 2 is 1.83 bits per heavy atom. The van der Waals surface area contributed by atoms with Crippen LogP contribution in [-0.4, -0.2) is 39.6 Å². The fourth-order valence-corrected chi connectivity index (χ4v) is 0.581. The summed E-state index contributed by atoms with van der Waals surface area (Å²) in [5, 5.41) is 8.57. The number of rotatable bonds is 0. The summed E-state index contributed by atoms with van der Waals surface area (Å²) in [7, 11) is 0. The van der Waals surface area contributed by atoms with Crippen LogP contribution in [0.1, 0.15) is 5.69 Å². The Morgan fingerprint density at radius 1 is 1.25 bits per heavy atom. The van der Waals surface area contributed by atoms with Crippen LogP contribution in [-0.2, 0) is 6.18 Å². The molecule has 1 aromatic heterocycles. The molecular weight excluding hydrogens is 182 g/mol. The van der Waals surface area contributed by atoms with Gasteiger partial charge < -0.3 is 5.11 Å². The van der Waals surface area contributed by atoms with Gasteiger partial charge in [0, 0.05) is 6.07 Å². The van der Waals surface area contributed by atoms with Crippen LogP contribution in [0, 0.1) is 0 Å². The van der Waals surface area contributed by atoms with Crippen molar-refractivity contribution in [1.29, 1.82) is 0 Å². The maximum absolute atomic E-state index is 11.8. The van der Waals surface area contributed by atoms with E-state index in [1.807, 2.05) is 0 Å². The summed E-state index contributed by atoms with van der Waals surface area (Å²) >= 11 is 0. The van der Waals surface area contributed by atoms with Crippen molar-refractivity contribution in [3.05, 3.63) is 23.9 Å². The van der Waals surface area contributed by atoms with Gasteiger partial charge in [-0.05, 0) is 6.07 Å². The van der Waals surface area contributed by atoms with Gasteiger partial charge in [0.2, 0.25) is 5.88 Å². The van der Waals surface area contributed by atoms with Gasteiger partial charge in [-0.25, -0.2) is 4.98 Å². The molecule has 2 nitrogen and oxygen atoms in total. The van der Waals surface area contributed by atoms with Crippen LogP contribution in [0.25, 0.3) is 0 Å². The summed E-state index contributed by atoms with van der Waals surface area (Å²) in [5.74, 6) is -0.625. The SMILES string of the molecule is Oc1cccc(C(F)(F)F)n1.[NaH]. The van der Waals surface area contributed by atoms with Crippen molar-refractivity contribution in [2.24, 2.45) is 0 Å². The predicted molar refractivity (Wildman–Crippen MR) is 38.1 cm³/mol. The number of hydrogen-bond acceptors (Lipinski definition) is 2. The fourth-order valence-electron chi connectivity index (χ4n) is 0.581. The van der Waals surface area contributed by atoms with Crippen LogP contribution in [0.4, 0.5) is 13.2 Å². The van der Waals surface area contributed by atoms with E-state index in [0.29, 0.717) is 0 Å². The Kier molecular flexibility index (Phi) is 4.02. The standard InChI is InChI=1S/C6H4F3NO.Na.H/c7-6(8,9)4-2-1-3-5(11)10-4;;/h1-3H,(H,10,11);;. The summed E-state index contributed by atoms with van der Waals surface area (Å²) in [6, 6.07) is 2.96. The van der Waals surface area contributed by atoms with Gasteiger partial charge >= 0.3 is 35.7 Å². The molecule has 0 fully saturated rings. The Balaban J connectivity index is 0.00000121. The van der Waals surface area contributed by atoms with Crippen LogP contribution in [0.15, 0.2) is 18.2 Å². The number of aromatic hydroxyl groups is 1. The van der Waals surface area contributed by atoms with Gasteiger partial charge in [-0.2, -0.15) is 13.2 Å². The zero-order valence-corrected chi connectivity index (χ0v) is 5.26. The zero-order chi connectivity index (χ0) is 8.48. The zero-order valence-electron chi connectivity index (χ0n) is 5.26. The van der Waals surface area contributed by atoms with Crippen LogP contribution >= 0.6 is 0 Å². The molecule has 1 aromatic rings. The minimum atomic E-state index is -4.49. The first-order valence-electron chi connectivity index (χ1n) is 2.73. The minimum absolute atomic E-state index is 0. The third kappa shape index (κ3) is 3.00. The van der Waals surface area contributed by atoms with Crippen molar-refractivity contribution in [1.82, 2.24) is 4.98 Å². The predicted octanol–water partition coefficient (Wildman–Crippen LogP) is 1.16. The van der Waals surface area contributed by atoms with E-state index in [4.69, 9.17) is 5.11 Å². The van der Waals surface area contributed by atoms with Gasteiger partial charge in [0.05, 0.1) is 0 Å². The number of alkyl halides is 3. The Morgan fingerprint density at radius 3 is 2.17 bits per heavy atom. The van der Waals surface area contributed by atoms with Crippen molar-refractivity contribution in [3.8, 4) is 5.88 Å². The van der Waals surface area contributed by atoms with Crippen molar-refractivity contribution in [3.63, 3.8) is 0 Å². The second-order valence-electron chi connectivity index (χ2n) is 1.88. The maximum atomic E-state index is 11.8. The molecule has 0 amide bonds. The van der Waals surface area contributed by atoms with Crippen molar-refractivity contribution < 1.29 is 18.3 Å². The Hall–Kier alpha value is -0.260. The molecule has 0 saturated heterocycles. The molecule has 0 bridgehead atoms. The van der Waals surface area contributed by atoms with Crippen molar-refractivity contribution >= 4 is 29.6 Å². The molecule has 1 N–H and O–H groups in total. The van der Waals surface area contributed by atoms with Gasteiger partial charge in [0.25, 0.3) is 0 Å². The third-order valence-corrected chi connectivity index (χ3v) is 1.02. The van der Waals surface area contributed by atoms with E-state index in [1.165, 1.54) is 0 Å². The van der Waals surface area contributed by atoms with E-state index >= 15 is 0 Å². The molecule has 1 heterocycles. The van der Waals surface area contributed by atoms with Gasteiger partial charge in [0.1, 0.15) is 5.69 Å². The first kappa shape index (κ1) is 11.7. The van der Waals surface area contributed by atoms with Crippen LogP contribution in [0.5, 0.6) is 5.88 Å². The second-order valence-corrected chi connectivity index (χ2v) is 1.88. The monoisotopic (exact) mass is 187 g/mol. The topological polar surface area (TPSA) is 33.1 Å². The van der Waals surface area contributed by atoms with E-state index in [0.717, 1.165) is 18.2 Å². The van der Waals surface area contributed by atoms with Gasteiger partial charge in [-0.3, -0.25) is 0 Å².